The quantitative estimate of drug-likeness (QED) is 0.217. The number of ether oxygens (including phenoxy) is 1. The Morgan fingerprint density at radius 2 is 1.12 bits per heavy atom. The van der Waals surface area contributed by atoms with E-state index in [1.54, 1.807) is 0 Å². The average molecular weight is 544 g/mol. The van der Waals surface area contributed by atoms with Gasteiger partial charge in [-0.1, -0.05) is 109 Å². The maximum absolute atomic E-state index is 9.16. The fourth-order valence-electron chi connectivity index (χ4n) is 6.74. The molecule has 2 nitrogen and oxygen atoms in total. The molecule has 0 unspecified atom stereocenters. The molecule has 41 heavy (non-hydrogen) atoms. The van der Waals surface area contributed by atoms with E-state index in [9.17, 15) is 0 Å². The maximum Gasteiger partial charge on any atom is 0.132 e. The zero-order valence-electron chi connectivity index (χ0n) is 21.9. The van der Waals surface area contributed by atoms with Gasteiger partial charge in [0.25, 0.3) is 0 Å². The maximum atomic E-state index is 9.16. The van der Waals surface area contributed by atoms with Crippen molar-refractivity contribution in [1.82, 2.24) is 0 Å². The molecular weight excluding hydrogens is 522 g/mol. The molecule has 0 saturated carbocycles. The molecule has 1 spiro atoms. The fourth-order valence-corrected chi connectivity index (χ4v) is 6.91. The van der Waals surface area contributed by atoms with Crippen LogP contribution in [0, 0.1) is 11.3 Å². The normalized spacial score (nSPS) is 13.4. The van der Waals surface area contributed by atoms with Gasteiger partial charge in [0.15, 0.2) is 0 Å². The van der Waals surface area contributed by atoms with E-state index in [1.807, 2.05) is 42.5 Å². The van der Waals surface area contributed by atoms with Gasteiger partial charge in [0.05, 0.1) is 17.0 Å². The predicted molar refractivity (Wildman–Crippen MR) is 164 cm³/mol. The first-order chi connectivity index (χ1) is 20.2. The third kappa shape index (κ3) is 3.37. The second kappa shape index (κ2) is 8.96. The Morgan fingerprint density at radius 1 is 0.537 bits per heavy atom. The lowest BCUT2D eigenvalue weighted by molar-refractivity contribution is 0.436. The van der Waals surface area contributed by atoms with Gasteiger partial charge in [-0.15, -0.1) is 0 Å². The summed E-state index contributed by atoms with van der Waals surface area (Å²) in [5.74, 6) is 1.73. The van der Waals surface area contributed by atoms with Crippen LogP contribution in [0.25, 0.3) is 33.4 Å². The summed E-state index contributed by atoms with van der Waals surface area (Å²) in [5.41, 5.74) is 11.7. The van der Waals surface area contributed by atoms with Crippen LogP contribution >= 0.6 is 11.6 Å². The van der Waals surface area contributed by atoms with Crippen molar-refractivity contribution >= 4 is 11.6 Å². The molecule has 0 fully saturated rings. The average Bonchev–Trinajstić information content (AvgIpc) is 3.31. The van der Waals surface area contributed by atoms with Gasteiger partial charge in [0, 0.05) is 16.1 Å². The fraction of sp³-hybridized carbons (Fsp3) is 0.0263. The summed E-state index contributed by atoms with van der Waals surface area (Å²) in [6, 6.07) is 48.2. The highest BCUT2D eigenvalue weighted by Crippen LogP contribution is 2.63. The van der Waals surface area contributed by atoms with Crippen LogP contribution in [0.15, 0.2) is 133 Å². The summed E-state index contributed by atoms with van der Waals surface area (Å²) < 4.78 is 6.46. The molecule has 0 radical (unpaired) electrons. The van der Waals surface area contributed by atoms with Crippen molar-refractivity contribution in [2.24, 2.45) is 0 Å². The first-order valence-electron chi connectivity index (χ1n) is 13.6. The molecule has 0 bridgehead atoms. The summed E-state index contributed by atoms with van der Waals surface area (Å²) in [5, 5.41) is 9.87. The van der Waals surface area contributed by atoms with E-state index in [1.165, 1.54) is 27.8 Å². The van der Waals surface area contributed by atoms with Gasteiger partial charge < -0.3 is 4.74 Å². The third-order valence-electron chi connectivity index (χ3n) is 8.47. The first kappa shape index (κ1) is 23.8. The Hall–Kier alpha value is -5.10. The van der Waals surface area contributed by atoms with E-state index in [4.69, 9.17) is 21.6 Å². The number of nitrogens with zero attached hydrogens (tertiary/aromatic N) is 1. The topological polar surface area (TPSA) is 33.0 Å². The van der Waals surface area contributed by atoms with Gasteiger partial charge >= 0.3 is 0 Å². The zero-order chi connectivity index (χ0) is 27.6. The van der Waals surface area contributed by atoms with Crippen LogP contribution in [0.5, 0.6) is 11.5 Å². The highest BCUT2D eigenvalue weighted by atomic mass is 35.5. The number of rotatable bonds is 2. The zero-order valence-corrected chi connectivity index (χ0v) is 22.7. The van der Waals surface area contributed by atoms with Crippen LogP contribution in [0.2, 0.25) is 5.02 Å². The smallest absolute Gasteiger partial charge is 0.132 e. The van der Waals surface area contributed by atoms with Crippen LogP contribution in [0.3, 0.4) is 0 Å². The predicted octanol–water partition coefficient (Wildman–Crippen LogP) is 10.0. The van der Waals surface area contributed by atoms with Crippen LogP contribution in [-0.2, 0) is 5.41 Å². The van der Waals surface area contributed by atoms with E-state index in [-0.39, 0.29) is 0 Å². The Labute approximate surface area is 243 Å². The Bertz CT molecular complexity index is 1990. The molecule has 6 aromatic carbocycles. The summed E-state index contributed by atoms with van der Waals surface area (Å²) >= 11 is 6.73. The molecule has 192 valence electrons. The van der Waals surface area contributed by atoms with Crippen molar-refractivity contribution < 1.29 is 4.74 Å². The summed E-state index contributed by atoms with van der Waals surface area (Å²) in [4.78, 5) is 0. The van der Waals surface area contributed by atoms with Gasteiger partial charge in [-0.25, -0.2) is 0 Å². The molecule has 1 aliphatic heterocycles. The number of fused-ring (bicyclic) bond motifs is 9. The summed E-state index contributed by atoms with van der Waals surface area (Å²) in [6.07, 6.45) is 0. The summed E-state index contributed by atoms with van der Waals surface area (Å²) in [6.45, 7) is 0. The lowest BCUT2D eigenvalue weighted by atomic mass is 9.66. The lowest BCUT2D eigenvalue weighted by Crippen LogP contribution is -2.32. The Balaban J connectivity index is 1.38. The third-order valence-corrected chi connectivity index (χ3v) is 8.70. The first-order valence-corrected chi connectivity index (χ1v) is 14.0. The standard InChI is InChI=1S/C38H22ClNO/c39-28-20-21-30-34(22-28)38(31-7-1-3-10-35(31)41-36-11-4-2-8-32(36)38)33-9-5-6-29(37(30)33)27-18-16-26(17-19-27)25-14-12-24(23-40)13-15-25/h1-22H. The number of para-hydroxylation sites is 2. The molecule has 1 aliphatic carbocycles. The lowest BCUT2D eigenvalue weighted by Gasteiger charge is -2.39. The van der Waals surface area contributed by atoms with Crippen molar-refractivity contribution in [3.8, 4) is 50.9 Å². The highest BCUT2D eigenvalue weighted by Gasteiger charge is 2.51. The van der Waals surface area contributed by atoms with E-state index in [2.05, 4.69) is 97.1 Å². The molecule has 8 rings (SSSR count). The van der Waals surface area contributed by atoms with Crippen molar-refractivity contribution in [2.45, 2.75) is 5.41 Å². The highest BCUT2D eigenvalue weighted by molar-refractivity contribution is 6.30. The Kier molecular flexibility index (Phi) is 5.19. The number of hydrogen-bond acceptors (Lipinski definition) is 2. The molecule has 1 heterocycles. The molecule has 2 aliphatic rings. The van der Waals surface area contributed by atoms with Gasteiger partial charge in [-0.2, -0.15) is 5.26 Å². The van der Waals surface area contributed by atoms with Crippen molar-refractivity contribution in [2.75, 3.05) is 0 Å². The van der Waals surface area contributed by atoms with Gasteiger partial charge in [-0.3, -0.25) is 0 Å². The van der Waals surface area contributed by atoms with Crippen LogP contribution in [0.4, 0.5) is 0 Å². The molecule has 6 aromatic rings. The minimum atomic E-state index is -0.556. The SMILES string of the molecule is N#Cc1ccc(-c2ccc(-c3cccc4c3-c3ccc(Cl)cc3C43c4ccccc4Oc4ccccc43)cc2)cc1. The largest absolute Gasteiger partial charge is 0.457 e. The van der Waals surface area contributed by atoms with E-state index >= 15 is 0 Å². The number of nitriles is 1. The monoisotopic (exact) mass is 543 g/mol. The Morgan fingerprint density at radius 3 is 1.78 bits per heavy atom. The molecule has 3 heteroatoms. The number of halogens is 1. The number of hydrogen-bond donors (Lipinski definition) is 0. The van der Waals surface area contributed by atoms with E-state index in [0.717, 1.165) is 39.3 Å². The van der Waals surface area contributed by atoms with Crippen molar-refractivity contribution in [3.05, 3.63) is 166 Å². The van der Waals surface area contributed by atoms with Crippen molar-refractivity contribution in [3.63, 3.8) is 0 Å². The molecular formula is C38H22ClNO. The van der Waals surface area contributed by atoms with E-state index < -0.39 is 5.41 Å². The summed E-state index contributed by atoms with van der Waals surface area (Å²) in [7, 11) is 0. The van der Waals surface area contributed by atoms with Crippen LogP contribution in [0.1, 0.15) is 27.8 Å². The van der Waals surface area contributed by atoms with Gasteiger partial charge in [0.1, 0.15) is 11.5 Å². The molecule has 0 aromatic heterocycles. The number of benzene rings is 6. The molecule has 0 N–H and O–H groups in total. The molecule has 0 amide bonds. The van der Waals surface area contributed by atoms with Gasteiger partial charge in [0.2, 0.25) is 0 Å². The minimum Gasteiger partial charge on any atom is -0.457 e. The molecule has 0 atom stereocenters. The van der Waals surface area contributed by atoms with Crippen LogP contribution in [-0.4, -0.2) is 0 Å². The van der Waals surface area contributed by atoms with E-state index in [0.29, 0.717) is 10.6 Å². The van der Waals surface area contributed by atoms with Crippen LogP contribution < -0.4 is 4.74 Å². The van der Waals surface area contributed by atoms with Crippen molar-refractivity contribution in [1.29, 1.82) is 5.26 Å². The second-order valence-corrected chi connectivity index (χ2v) is 11.0. The molecule has 0 saturated heterocycles. The minimum absolute atomic E-state index is 0.556. The van der Waals surface area contributed by atoms with Gasteiger partial charge in [-0.05, 0) is 80.9 Å². The second-order valence-electron chi connectivity index (χ2n) is 10.5.